The van der Waals surface area contributed by atoms with E-state index in [0.29, 0.717) is 27.4 Å². The van der Waals surface area contributed by atoms with Gasteiger partial charge in [0.15, 0.2) is 0 Å². The van der Waals surface area contributed by atoms with Crippen LogP contribution in [0.4, 0.5) is 5.69 Å². The topological polar surface area (TPSA) is 142 Å². The summed E-state index contributed by atoms with van der Waals surface area (Å²) in [4.78, 5) is 15.8. The standard InChI is InChI=1S/C18H15ClN4O3S/c19-16-6-3-11(9-23-16)12-7-14(17(20)15(8-12)18(21)24)10-1-4-13(5-2-10)27(22,25)26/h1-9H,20H2,(H2,21,24)(H2,22,25,26). The third-order valence-corrected chi connectivity index (χ3v) is 5.15. The number of sulfonamides is 1. The number of halogens is 1. The van der Waals surface area contributed by atoms with Crippen molar-refractivity contribution in [2.24, 2.45) is 10.9 Å². The Bertz CT molecular complexity index is 1130. The highest BCUT2D eigenvalue weighted by Crippen LogP contribution is 2.34. The van der Waals surface area contributed by atoms with E-state index in [9.17, 15) is 13.2 Å². The van der Waals surface area contributed by atoms with Crippen LogP contribution in [-0.2, 0) is 10.0 Å². The SMILES string of the molecule is NC(=O)c1cc(-c2ccc(Cl)nc2)cc(-c2ccc(S(N)(=O)=O)cc2)c1N. The Balaban J connectivity index is 2.19. The Labute approximate surface area is 160 Å². The van der Waals surface area contributed by atoms with Gasteiger partial charge in [-0.05, 0) is 47.5 Å². The number of nitrogens with zero attached hydrogens (tertiary/aromatic N) is 1. The zero-order valence-electron chi connectivity index (χ0n) is 13.9. The number of hydrogen-bond donors (Lipinski definition) is 3. The molecular weight excluding hydrogens is 388 g/mol. The number of rotatable bonds is 4. The van der Waals surface area contributed by atoms with Crippen LogP contribution in [0, 0.1) is 0 Å². The second-order valence-corrected chi connectivity index (χ2v) is 7.74. The Morgan fingerprint density at radius 3 is 2.11 bits per heavy atom. The fourth-order valence-corrected chi connectivity index (χ4v) is 3.26. The summed E-state index contributed by atoms with van der Waals surface area (Å²) in [5, 5.41) is 5.46. The summed E-state index contributed by atoms with van der Waals surface area (Å²) in [6.07, 6.45) is 1.56. The summed E-state index contributed by atoms with van der Waals surface area (Å²) < 4.78 is 22.9. The lowest BCUT2D eigenvalue weighted by molar-refractivity contribution is 0.100. The maximum absolute atomic E-state index is 11.8. The van der Waals surface area contributed by atoms with E-state index in [0.717, 1.165) is 0 Å². The van der Waals surface area contributed by atoms with Gasteiger partial charge in [0.1, 0.15) is 5.15 Å². The Kier molecular flexibility index (Phi) is 4.88. The lowest BCUT2D eigenvalue weighted by Gasteiger charge is -2.13. The molecule has 0 aliphatic carbocycles. The number of primary amides is 1. The minimum absolute atomic E-state index is 0.0296. The van der Waals surface area contributed by atoms with Crippen LogP contribution in [0.5, 0.6) is 0 Å². The molecule has 9 heteroatoms. The minimum Gasteiger partial charge on any atom is -0.398 e. The van der Waals surface area contributed by atoms with Gasteiger partial charge in [0.25, 0.3) is 5.91 Å². The zero-order chi connectivity index (χ0) is 19.8. The molecule has 0 radical (unpaired) electrons. The molecule has 3 rings (SSSR count). The monoisotopic (exact) mass is 402 g/mol. The van der Waals surface area contributed by atoms with E-state index < -0.39 is 15.9 Å². The van der Waals surface area contributed by atoms with E-state index in [2.05, 4.69) is 4.98 Å². The van der Waals surface area contributed by atoms with E-state index >= 15 is 0 Å². The molecule has 1 aromatic heterocycles. The van der Waals surface area contributed by atoms with Crippen molar-refractivity contribution in [3.8, 4) is 22.3 Å². The van der Waals surface area contributed by atoms with Crippen LogP contribution in [0.2, 0.25) is 5.15 Å². The van der Waals surface area contributed by atoms with Gasteiger partial charge in [-0.3, -0.25) is 4.79 Å². The molecule has 7 nitrogen and oxygen atoms in total. The highest BCUT2D eigenvalue weighted by molar-refractivity contribution is 7.89. The number of nitrogen functional groups attached to an aromatic ring is 1. The van der Waals surface area contributed by atoms with E-state index in [1.54, 1.807) is 42.6 Å². The van der Waals surface area contributed by atoms with Crippen LogP contribution >= 0.6 is 11.6 Å². The van der Waals surface area contributed by atoms with Crippen LogP contribution in [0.25, 0.3) is 22.3 Å². The molecule has 0 fully saturated rings. The summed E-state index contributed by atoms with van der Waals surface area (Å²) >= 11 is 5.82. The number of anilines is 1. The number of primary sulfonamides is 1. The van der Waals surface area contributed by atoms with Crippen LogP contribution in [0.3, 0.4) is 0 Å². The molecule has 3 aromatic rings. The second-order valence-electron chi connectivity index (χ2n) is 5.79. The minimum atomic E-state index is -3.81. The molecule has 0 atom stereocenters. The van der Waals surface area contributed by atoms with E-state index in [1.165, 1.54) is 12.1 Å². The van der Waals surface area contributed by atoms with Crippen LogP contribution in [-0.4, -0.2) is 19.3 Å². The van der Waals surface area contributed by atoms with E-state index in [4.69, 9.17) is 28.2 Å². The third kappa shape index (κ3) is 3.92. The molecule has 6 N–H and O–H groups in total. The summed E-state index contributed by atoms with van der Waals surface area (Å²) in [6.45, 7) is 0. The molecule has 0 aliphatic heterocycles. The number of amides is 1. The van der Waals surface area contributed by atoms with Crippen molar-refractivity contribution in [2.75, 3.05) is 5.73 Å². The van der Waals surface area contributed by atoms with Crippen molar-refractivity contribution in [2.45, 2.75) is 4.90 Å². The quantitative estimate of drug-likeness (QED) is 0.453. The van der Waals surface area contributed by atoms with Crippen molar-refractivity contribution in [1.29, 1.82) is 0 Å². The highest BCUT2D eigenvalue weighted by Gasteiger charge is 2.16. The molecule has 0 saturated heterocycles. The number of carbonyl (C=O) groups excluding carboxylic acids is 1. The van der Waals surface area contributed by atoms with Crippen molar-refractivity contribution < 1.29 is 13.2 Å². The Morgan fingerprint density at radius 2 is 1.59 bits per heavy atom. The number of hydrogen-bond acceptors (Lipinski definition) is 5. The van der Waals surface area contributed by atoms with Crippen molar-refractivity contribution in [3.63, 3.8) is 0 Å². The van der Waals surface area contributed by atoms with Gasteiger partial charge in [0, 0.05) is 17.3 Å². The fourth-order valence-electron chi connectivity index (χ4n) is 2.63. The molecule has 0 spiro atoms. The summed E-state index contributed by atoms with van der Waals surface area (Å²) in [5.41, 5.74) is 14.4. The van der Waals surface area contributed by atoms with Crippen molar-refractivity contribution in [1.82, 2.24) is 4.98 Å². The van der Waals surface area contributed by atoms with Crippen LogP contribution in [0.15, 0.2) is 59.6 Å². The first-order valence-corrected chi connectivity index (χ1v) is 9.58. The van der Waals surface area contributed by atoms with Gasteiger partial charge in [-0.1, -0.05) is 23.7 Å². The summed E-state index contributed by atoms with van der Waals surface area (Å²) in [7, 11) is -3.81. The summed E-state index contributed by atoms with van der Waals surface area (Å²) in [5.74, 6) is -0.682. The molecule has 0 unspecified atom stereocenters. The van der Waals surface area contributed by atoms with E-state index in [-0.39, 0.29) is 16.1 Å². The van der Waals surface area contributed by atoms with Crippen LogP contribution in [0.1, 0.15) is 10.4 Å². The van der Waals surface area contributed by atoms with Gasteiger partial charge in [0.2, 0.25) is 10.0 Å². The average Bonchev–Trinajstić information content (AvgIpc) is 2.62. The van der Waals surface area contributed by atoms with Gasteiger partial charge >= 0.3 is 0 Å². The molecule has 138 valence electrons. The number of carbonyl (C=O) groups is 1. The first-order valence-electron chi connectivity index (χ1n) is 7.65. The lowest BCUT2D eigenvalue weighted by Crippen LogP contribution is -2.14. The predicted molar refractivity (Wildman–Crippen MR) is 104 cm³/mol. The maximum Gasteiger partial charge on any atom is 0.250 e. The summed E-state index contributed by atoms with van der Waals surface area (Å²) in [6, 6.07) is 12.6. The number of nitrogens with two attached hydrogens (primary N) is 3. The number of benzene rings is 2. The molecule has 0 bridgehead atoms. The van der Waals surface area contributed by atoms with Gasteiger partial charge in [-0.15, -0.1) is 0 Å². The fraction of sp³-hybridized carbons (Fsp3) is 0. The first-order chi connectivity index (χ1) is 12.7. The maximum atomic E-state index is 11.8. The second kappa shape index (κ2) is 6.99. The first kappa shape index (κ1) is 18.8. The van der Waals surface area contributed by atoms with Gasteiger partial charge in [-0.2, -0.15) is 0 Å². The third-order valence-electron chi connectivity index (χ3n) is 4.00. The van der Waals surface area contributed by atoms with E-state index in [1.807, 2.05) is 0 Å². The lowest BCUT2D eigenvalue weighted by atomic mass is 9.94. The van der Waals surface area contributed by atoms with Crippen molar-refractivity contribution in [3.05, 3.63) is 65.4 Å². The molecule has 1 amide bonds. The number of aromatic nitrogens is 1. The highest BCUT2D eigenvalue weighted by atomic mass is 35.5. The molecule has 0 saturated carbocycles. The van der Waals surface area contributed by atoms with Gasteiger partial charge < -0.3 is 11.5 Å². The number of pyridine rings is 1. The average molecular weight is 403 g/mol. The molecular formula is C18H15ClN4O3S. The van der Waals surface area contributed by atoms with Gasteiger partial charge in [0.05, 0.1) is 16.1 Å². The predicted octanol–water partition coefficient (Wildman–Crippen LogP) is 2.40. The molecule has 1 heterocycles. The Hall–Kier alpha value is -2.94. The molecule has 2 aromatic carbocycles. The smallest absolute Gasteiger partial charge is 0.250 e. The van der Waals surface area contributed by atoms with Crippen molar-refractivity contribution >= 4 is 33.2 Å². The Morgan fingerprint density at radius 1 is 0.963 bits per heavy atom. The van der Waals surface area contributed by atoms with Gasteiger partial charge in [-0.25, -0.2) is 18.5 Å². The molecule has 0 aliphatic rings. The zero-order valence-corrected chi connectivity index (χ0v) is 15.5. The molecule has 27 heavy (non-hydrogen) atoms. The van der Waals surface area contributed by atoms with Crippen LogP contribution < -0.4 is 16.6 Å². The normalized spacial score (nSPS) is 11.3. The largest absolute Gasteiger partial charge is 0.398 e.